The maximum absolute atomic E-state index is 8.30. The SMILES string of the molecule is N=C1OC(CN2CCN(C(c3ccccc3)c3ccccc3)CC2)CN1Cc1ccc(I)cc1. The molecule has 0 bridgehead atoms. The molecule has 2 aliphatic heterocycles. The van der Waals surface area contributed by atoms with Gasteiger partial charge in [-0.1, -0.05) is 72.8 Å². The average molecular weight is 566 g/mol. The van der Waals surface area contributed by atoms with E-state index in [1.165, 1.54) is 20.3 Å². The third-order valence-corrected chi connectivity index (χ3v) is 7.46. The van der Waals surface area contributed by atoms with Crippen molar-refractivity contribution in [1.82, 2.24) is 14.7 Å². The number of amidine groups is 1. The predicted octanol–water partition coefficient (Wildman–Crippen LogP) is 4.83. The van der Waals surface area contributed by atoms with Crippen LogP contribution in [0.3, 0.4) is 0 Å². The molecule has 0 saturated carbocycles. The second-order valence-electron chi connectivity index (χ2n) is 9.11. The lowest BCUT2D eigenvalue weighted by molar-refractivity contribution is 0.0772. The van der Waals surface area contributed by atoms with Crippen molar-refractivity contribution in [2.24, 2.45) is 0 Å². The van der Waals surface area contributed by atoms with E-state index in [0.717, 1.165) is 45.8 Å². The summed E-state index contributed by atoms with van der Waals surface area (Å²) in [5.41, 5.74) is 3.91. The van der Waals surface area contributed by atoms with E-state index in [1.54, 1.807) is 0 Å². The van der Waals surface area contributed by atoms with Crippen molar-refractivity contribution < 1.29 is 4.74 Å². The Labute approximate surface area is 216 Å². The number of ether oxygens (including phenoxy) is 1. The Morgan fingerprint density at radius 2 is 1.41 bits per heavy atom. The van der Waals surface area contributed by atoms with E-state index in [2.05, 4.69) is 117 Å². The van der Waals surface area contributed by atoms with Crippen molar-refractivity contribution in [3.8, 4) is 0 Å². The van der Waals surface area contributed by atoms with Crippen molar-refractivity contribution in [2.45, 2.75) is 18.7 Å². The minimum Gasteiger partial charge on any atom is -0.459 e. The molecule has 6 heteroatoms. The van der Waals surface area contributed by atoms with Crippen molar-refractivity contribution in [1.29, 1.82) is 5.41 Å². The molecule has 176 valence electrons. The molecule has 0 aliphatic carbocycles. The fourth-order valence-corrected chi connectivity index (χ4v) is 5.38. The highest BCUT2D eigenvalue weighted by atomic mass is 127. The van der Waals surface area contributed by atoms with Crippen LogP contribution in [-0.4, -0.2) is 66.1 Å². The summed E-state index contributed by atoms with van der Waals surface area (Å²) in [4.78, 5) is 7.14. The summed E-state index contributed by atoms with van der Waals surface area (Å²) in [6.07, 6.45) is 0.0574. The van der Waals surface area contributed by atoms with Crippen molar-refractivity contribution in [3.63, 3.8) is 0 Å². The molecule has 0 spiro atoms. The Hall–Kier alpha value is -2.42. The summed E-state index contributed by atoms with van der Waals surface area (Å²) in [6.45, 7) is 6.45. The highest BCUT2D eigenvalue weighted by Crippen LogP contribution is 2.29. The smallest absolute Gasteiger partial charge is 0.285 e. The first-order chi connectivity index (χ1) is 16.7. The molecule has 2 fully saturated rings. The Kier molecular flexibility index (Phi) is 7.47. The number of nitrogens with zero attached hydrogens (tertiary/aromatic N) is 3. The molecule has 1 atom stereocenters. The Morgan fingerprint density at radius 1 is 0.824 bits per heavy atom. The van der Waals surface area contributed by atoms with Crippen LogP contribution >= 0.6 is 22.6 Å². The van der Waals surface area contributed by atoms with Crippen LogP contribution in [0.1, 0.15) is 22.7 Å². The zero-order valence-electron chi connectivity index (χ0n) is 19.3. The van der Waals surface area contributed by atoms with E-state index < -0.39 is 0 Å². The summed E-state index contributed by atoms with van der Waals surface area (Å²) in [7, 11) is 0. The minimum absolute atomic E-state index is 0.0574. The molecular weight excluding hydrogens is 535 g/mol. The van der Waals surface area contributed by atoms with Gasteiger partial charge < -0.3 is 9.64 Å². The fraction of sp³-hybridized carbons (Fsp3) is 0.321. The zero-order valence-corrected chi connectivity index (χ0v) is 21.5. The van der Waals surface area contributed by atoms with E-state index in [9.17, 15) is 0 Å². The highest BCUT2D eigenvalue weighted by molar-refractivity contribution is 14.1. The second kappa shape index (κ2) is 10.9. The van der Waals surface area contributed by atoms with Gasteiger partial charge in [0, 0.05) is 42.8 Å². The van der Waals surface area contributed by atoms with Gasteiger partial charge in [0.05, 0.1) is 12.6 Å². The molecule has 5 rings (SSSR count). The monoisotopic (exact) mass is 566 g/mol. The van der Waals surface area contributed by atoms with E-state index in [1.807, 2.05) is 4.90 Å². The van der Waals surface area contributed by atoms with Crippen molar-refractivity contribution in [3.05, 3.63) is 105 Å². The molecule has 0 amide bonds. The molecule has 2 heterocycles. The lowest BCUT2D eigenvalue weighted by Gasteiger charge is -2.40. The van der Waals surface area contributed by atoms with E-state index >= 15 is 0 Å². The topological polar surface area (TPSA) is 42.8 Å². The van der Waals surface area contributed by atoms with Crippen LogP contribution in [0.4, 0.5) is 0 Å². The van der Waals surface area contributed by atoms with Crippen molar-refractivity contribution >= 4 is 28.6 Å². The van der Waals surface area contributed by atoms with Crippen LogP contribution < -0.4 is 0 Å². The van der Waals surface area contributed by atoms with E-state index in [-0.39, 0.29) is 12.1 Å². The Balaban J connectivity index is 1.17. The number of hydrogen-bond acceptors (Lipinski definition) is 4. The number of piperazine rings is 1. The van der Waals surface area contributed by atoms with Crippen molar-refractivity contribution in [2.75, 3.05) is 39.3 Å². The third kappa shape index (κ3) is 5.62. The summed E-state index contributed by atoms with van der Waals surface area (Å²) in [5.74, 6) is 0. The van der Waals surface area contributed by atoms with E-state index in [4.69, 9.17) is 10.1 Å². The number of halogens is 1. The zero-order chi connectivity index (χ0) is 23.3. The normalized spacial score (nSPS) is 19.5. The van der Waals surface area contributed by atoms with Gasteiger partial charge in [-0.3, -0.25) is 15.2 Å². The van der Waals surface area contributed by atoms with Gasteiger partial charge in [-0.25, -0.2) is 0 Å². The first-order valence-corrected chi connectivity index (χ1v) is 13.0. The number of benzene rings is 3. The number of nitrogens with one attached hydrogen (secondary N) is 1. The molecule has 1 unspecified atom stereocenters. The average Bonchev–Trinajstić information content (AvgIpc) is 3.21. The van der Waals surface area contributed by atoms with Crippen LogP contribution in [-0.2, 0) is 11.3 Å². The van der Waals surface area contributed by atoms with Gasteiger partial charge in [-0.15, -0.1) is 0 Å². The summed E-state index contributed by atoms with van der Waals surface area (Å²) >= 11 is 2.32. The molecule has 1 N–H and O–H groups in total. The largest absolute Gasteiger partial charge is 0.459 e. The van der Waals surface area contributed by atoms with Gasteiger partial charge in [-0.2, -0.15) is 0 Å². The van der Waals surface area contributed by atoms with Crippen LogP contribution in [0.2, 0.25) is 0 Å². The number of rotatable bonds is 7. The fourth-order valence-electron chi connectivity index (χ4n) is 5.02. The maximum Gasteiger partial charge on any atom is 0.285 e. The van der Waals surface area contributed by atoms with Crippen LogP contribution in [0.25, 0.3) is 0 Å². The Morgan fingerprint density at radius 3 is 2.00 bits per heavy atom. The molecule has 34 heavy (non-hydrogen) atoms. The standard InChI is InChI=1S/C28H31IN4O/c29-25-13-11-22(12-14-25)19-33-21-26(34-28(33)30)20-31-15-17-32(18-16-31)27(23-7-3-1-4-8-23)24-9-5-2-6-10-24/h1-14,26-27,30H,15-21H2. The van der Waals surface area contributed by atoms with Crippen LogP contribution in [0, 0.1) is 8.98 Å². The quantitative estimate of drug-likeness (QED) is 0.416. The molecule has 3 aromatic carbocycles. The Bertz CT molecular complexity index is 1030. The van der Waals surface area contributed by atoms with Crippen LogP contribution in [0.15, 0.2) is 84.9 Å². The first kappa shape index (κ1) is 23.3. The van der Waals surface area contributed by atoms with Gasteiger partial charge in [0.15, 0.2) is 0 Å². The lowest BCUT2D eigenvalue weighted by Crippen LogP contribution is -2.50. The summed E-state index contributed by atoms with van der Waals surface area (Å²) < 4.78 is 7.17. The van der Waals surface area contributed by atoms with Gasteiger partial charge in [0.2, 0.25) is 0 Å². The third-order valence-electron chi connectivity index (χ3n) is 6.74. The van der Waals surface area contributed by atoms with Gasteiger partial charge in [0.1, 0.15) is 6.10 Å². The first-order valence-electron chi connectivity index (χ1n) is 12.0. The molecule has 0 aromatic heterocycles. The van der Waals surface area contributed by atoms with Gasteiger partial charge in [-0.05, 0) is 51.4 Å². The molecule has 2 saturated heterocycles. The number of hydrogen-bond donors (Lipinski definition) is 1. The predicted molar refractivity (Wildman–Crippen MR) is 145 cm³/mol. The molecule has 0 radical (unpaired) electrons. The summed E-state index contributed by atoms with van der Waals surface area (Å²) in [5, 5.41) is 8.30. The molecule has 5 nitrogen and oxygen atoms in total. The van der Waals surface area contributed by atoms with E-state index in [0.29, 0.717) is 6.02 Å². The molecular formula is C28H31IN4O. The maximum atomic E-state index is 8.30. The van der Waals surface area contributed by atoms with Crippen LogP contribution in [0.5, 0.6) is 0 Å². The summed E-state index contributed by atoms with van der Waals surface area (Å²) in [6, 6.07) is 30.8. The molecule has 2 aliphatic rings. The molecule has 3 aromatic rings. The lowest BCUT2D eigenvalue weighted by atomic mass is 9.96. The second-order valence-corrected chi connectivity index (χ2v) is 10.4. The van der Waals surface area contributed by atoms with Gasteiger partial charge >= 0.3 is 0 Å². The van der Waals surface area contributed by atoms with Gasteiger partial charge in [0.25, 0.3) is 6.02 Å². The minimum atomic E-state index is 0.0574. The highest BCUT2D eigenvalue weighted by Gasteiger charge is 2.32.